The quantitative estimate of drug-likeness (QED) is 0.507. The summed E-state index contributed by atoms with van der Waals surface area (Å²) in [5.41, 5.74) is 0. The SMILES string of the molecule is CC1(C)OC[C@H]([C@@H]2C[C@H]2/C=C/C=O)O1. The lowest BCUT2D eigenvalue weighted by molar-refractivity contribution is -0.140. The Morgan fingerprint density at radius 2 is 2.21 bits per heavy atom. The molecule has 0 unspecified atom stereocenters. The van der Waals surface area contributed by atoms with Crippen LogP contribution in [-0.4, -0.2) is 24.8 Å². The smallest absolute Gasteiger partial charge is 0.163 e. The van der Waals surface area contributed by atoms with Gasteiger partial charge in [-0.1, -0.05) is 6.08 Å². The van der Waals surface area contributed by atoms with E-state index in [2.05, 4.69) is 0 Å². The molecular formula is C11H16O3. The van der Waals surface area contributed by atoms with Crippen LogP contribution in [0.5, 0.6) is 0 Å². The van der Waals surface area contributed by atoms with Gasteiger partial charge in [0.15, 0.2) is 5.79 Å². The molecule has 0 spiro atoms. The number of carbonyl (C=O) groups excluding carboxylic acids is 1. The summed E-state index contributed by atoms with van der Waals surface area (Å²) in [6.07, 6.45) is 5.70. The Hall–Kier alpha value is -0.670. The second-order valence-electron chi connectivity index (χ2n) is 4.45. The Bertz CT molecular complexity index is 257. The number of allylic oxidation sites excluding steroid dienone is 2. The highest BCUT2D eigenvalue weighted by Gasteiger charge is 2.47. The molecule has 0 radical (unpaired) electrons. The maximum atomic E-state index is 10.1. The summed E-state index contributed by atoms with van der Waals surface area (Å²) in [7, 11) is 0. The van der Waals surface area contributed by atoms with Gasteiger partial charge in [0.1, 0.15) is 6.29 Å². The molecule has 1 aliphatic carbocycles. The third kappa shape index (κ3) is 2.04. The lowest BCUT2D eigenvalue weighted by Crippen LogP contribution is -2.22. The molecule has 0 aromatic heterocycles. The zero-order valence-electron chi connectivity index (χ0n) is 8.60. The van der Waals surface area contributed by atoms with Gasteiger partial charge >= 0.3 is 0 Å². The summed E-state index contributed by atoms with van der Waals surface area (Å²) in [6, 6.07) is 0. The topological polar surface area (TPSA) is 35.5 Å². The van der Waals surface area contributed by atoms with Crippen LogP contribution in [0.3, 0.4) is 0 Å². The Morgan fingerprint density at radius 3 is 2.79 bits per heavy atom. The van der Waals surface area contributed by atoms with Gasteiger partial charge in [0.2, 0.25) is 0 Å². The van der Waals surface area contributed by atoms with Crippen molar-refractivity contribution in [1.29, 1.82) is 0 Å². The first-order chi connectivity index (χ1) is 6.62. The fourth-order valence-corrected chi connectivity index (χ4v) is 2.00. The summed E-state index contributed by atoms with van der Waals surface area (Å²) in [5.74, 6) is 0.641. The van der Waals surface area contributed by atoms with Gasteiger partial charge in [-0.3, -0.25) is 4.79 Å². The van der Waals surface area contributed by atoms with Crippen molar-refractivity contribution in [3.63, 3.8) is 0 Å². The van der Waals surface area contributed by atoms with Crippen LogP contribution >= 0.6 is 0 Å². The zero-order chi connectivity index (χ0) is 10.2. The fourth-order valence-electron chi connectivity index (χ4n) is 2.00. The second-order valence-corrected chi connectivity index (χ2v) is 4.45. The summed E-state index contributed by atoms with van der Waals surface area (Å²) < 4.78 is 11.2. The van der Waals surface area contributed by atoms with Crippen molar-refractivity contribution in [2.75, 3.05) is 6.61 Å². The molecule has 1 aliphatic heterocycles. The van der Waals surface area contributed by atoms with E-state index >= 15 is 0 Å². The van der Waals surface area contributed by atoms with Crippen LogP contribution in [0.2, 0.25) is 0 Å². The van der Waals surface area contributed by atoms with E-state index in [1.165, 1.54) is 0 Å². The first-order valence-electron chi connectivity index (χ1n) is 5.06. The average molecular weight is 196 g/mol. The van der Waals surface area contributed by atoms with E-state index in [0.29, 0.717) is 18.4 Å². The van der Waals surface area contributed by atoms with Gasteiger partial charge in [0.25, 0.3) is 0 Å². The average Bonchev–Trinajstić information content (AvgIpc) is 2.81. The number of rotatable bonds is 3. The molecule has 0 bridgehead atoms. The molecule has 0 N–H and O–H groups in total. The predicted molar refractivity (Wildman–Crippen MR) is 51.7 cm³/mol. The molecule has 2 aliphatic rings. The van der Waals surface area contributed by atoms with Crippen molar-refractivity contribution in [3.05, 3.63) is 12.2 Å². The number of aldehydes is 1. The number of hydrogen-bond acceptors (Lipinski definition) is 3. The van der Waals surface area contributed by atoms with Crippen molar-refractivity contribution in [1.82, 2.24) is 0 Å². The molecule has 1 saturated heterocycles. The lowest BCUT2D eigenvalue weighted by atomic mass is 10.2. The van der Waals surface area contributed by atoms with E-state index in [9.17, 15) is 4.79 Å². The maximum Gasteiger partial charge on any atom is 0.163 e. The molecule has 1 saturated carbocycles. The van der Waals surface area contributed by atoms with Crippen LogP contribution in [0.1, 0.15) is 20.3 Å². The normalized spacial score (nSPS) is 40.3. The molecule has 0 amide bonds. The molecular weight excluding hydrogens is 180 g/mol. The molecule has 78 valence electrons. The van der Waals surface area contributed by atoms with E-state index in [-0.39, 0.29) is 6.10 Å². The van der Waals surface area contributed by atoms with Gasteiger partial charge in [0.05, 0.1) is 12.7 Å². The van der Waals surface area contributed by atoms with Crippen LogP contribution < -0.4 is 0 Å². The summed E-state index contributed by atoms with van der Waals surface area (Å²) >= 11 is 0. The van der Waals surface area contributed by atoms with E-state index in [0.717, 1.165) is 12.7 Å². The lowest BCUT2D eigenvalue weighted by Gasteiger charge is -2.16. The standard InChI is InChI=1S/C11H16O3/c1-11(2)13-7-10(14-11)9-6-8(9)4-3-5-12/h3-5,8-10H,6-7H2,1-2H3/b4-3+/t8-,9-,10-/m1/s1. The first-order valence-corrected chi connectivity index (χ1v) is 5.06. The number of hydrogen-bond donors (Lipinski definition) is 0. The molecule has 2 rings (SSSR count). The largest absolute Gasteiger partial charge is 0.348 e. The summed E-state index contributed by atoms with van der Waals surface area (Å²) in [4.78, 5) is 10.1. The van der Waals surface area contributed by atoms with E-state index in [1.54, 1.807) is 6.08 Å². The summed E-state index contributed by atoms with van der Waals surface area (Å²) in [5, 5.41) is 0. The van der Waals surface area contributed by atoms with Crippen LogP contribution in [0.4, 0.5) is 0 Å². The Balaban J connectivity index is 1.83. The Labute approximate surface area is 84.1 Å². The van der Waals surface area contributed by atoms with E-state index in [4.69, 9.17) is 9.47 Å². The number of carbonyl (C=O) groups is 1. The molecule has 14 heavy (non-hydrogen) atoms. The van der Waals surface area contributed by atoms with E-state index in [1.807, 2.05) is 19.9 Å². The molecule has 3 heteroatoms. The highest BCUT2D eigenvalue weighted by Crippen LogP contribution is 2.46. The minimum absolute atomic E-state index is 0.214. The van der Waals surface area contributed by atoms with Crippen LogP contribution in [0, 0.1) is 11.8 Å². The van der Waals surface area contributed by atoms with Crippen molar-refractivity contribution >= 4 is 6.29 Å². The van der Waals surface area contributed by atoms with Crippen LogP contribution in [-0.2, 0) is 14.3 Å². The van der Waals surface area contributed by atoms with Gasteiger partial charge < -0.3 is 9.47 Å². The Kier molecular flexibility index (Phi) is 2.45. The molecule has 3 atom stereocenters. The highest BCUT2D eigenvalue weighted by atomic mass is 16.7. The van der Waals surface area contributed by atoms with Crippen molar-refractivity contribution in [2.24, 2.45) is 11.8 Å². The highest BCUT2D eigenvalue weighted by molar-refractivity contribution is 5.64. The molecule has 2 fully saturated rings. The van der Waals surface area contributed by atoms with Gasteiger partial charge in [0, 0.05) is 0 Å². The predicted octanol–water partition coefficient (Wildman–Crippen LogP) is 1.53. The fraction of sp³-hybridized carbons (Fsp3) is 0.727. The first kappa shape index (κ1) is 9.87. The number of ether oxygens (including phenoxy) is 2. The van der Waals surface area contributed by atoms with Crippen molar-refractivity contribution in [3.8, 4) is 0 Å². The van der Waals surface area contributed by atoms with Crippen LogP contribution in [0.15, 0.2) is 12.2 Å². The van der Waals surface area contributed by atoms with Crippen LogP contribution in [0.25, 0.3) is 0 Å². The molecule has 1 heterocycles. The van der Waals surface area contributed by atoms with Gasteiger partial charge in [-0.2, -0.15) is 0 Å². The van der Waals surface area contributed by atoms with Crippen molar-refractivity contribution < 1.29 is 14.3 Å². The second kappa shape index (κ2) is 3.48. The molecule has 0 aromatic rings. The van der Waals surface area contributed by atoms with Crippen molar-refractivity contribution in [2.45, 2.75) is 32.2 Å². The molecule has 3 nitrogen and oxygen atoms in total. The van der Waals surface area contributed by atoms with Gasteiger partial charge in [-0.05, 0) is 38.2 Å². The van der Waals surface area contributed by atoms with E-state index < -0.39 is 5.79 Å². The maximum absolute atomic E-state index is 10.1. The Morgan fingerprint density at radius 1 is 1.43 bits per heavy atom. The third-order valence-electron chi connectivity index (χ3n) is 2.84. The monoisotopic (exact) mass is 196 g/mol. The summed E-state index contributed by atoms with van der Waals surface area (Å²) in [6.45, 7) is 4.56. The third-order valence-corrected chi connectivity index (χ3v) is 2.84. The minimum Gasteiger partial charge on any atom is -0.348 e. The van der Waals surface area contributed by atoms with Gasteiger partial charge in [-0.25, -0.2) is 0 Å². The zero-order valence-corrected chi connectivity index (χ0v) is 8.60. The van der Waals surface area contributed by atoms with Gasteiger partial charge in [-0.15, -0.1) is 0 Å². The molecule has 0 aromatic carbocycles. The minimum atomic E-state index is -0.424.